The maximum absolute atomic E-state index is 13.0. The summed E-state index contributed by atoms with van der Waals surface area (Å²) in [5, 5.41) is 7.16. The lowest BCUT2D eigenvalue weighted by atomic mass is 10.1. The van der Waals surface area contributed by atoms with Crippen molar-refractivity contribution < 1.29 is 9.59 Å². The van der Waals surface area contributed by atoms with Crippen LogP contribution in [0.15, 0.2) is 66.7 Å². The standard InChI is InChI=1S/C26H21Cl5N2O2/c1-14(15-5-3-2-4-6-15)32-13-22(34)20-12-19(7-8-21(20)29)33-25(35)24-23(26(24,30)31)16-9-17(27)11-18(28)10-16/h2-12,14,23-24,32H,13H2,1H3,(H,33,35). The van der Waals surface area contributed by atoms with Crippen LogP contribution in [0.1, 0.15) is 40.4 Å². The number of anilines is 1. The van der Waals surface area contributed by atoms with Gasteiger partial charge < -0.3 is 10.6 Å². The van der Waals surface area contributed by atoms with Crippen molar-refractivity contribution in [3.05, 3.63) is 98.5 Å². The summed E-state index contributed by atoms with van der Waals surface area (Å²) in [6.45, 7) is 2.06. The van der Waals surface area contributed by atoms with Crippen LogP contribution < -0.4 is 10.6 Å². The summed E-state index contributed by atoms with van der Waals surface area (Å²) in [6.07, 6.45) is 0. The molecule has 0 aliphatic heterocycles. The predicted octanol–water partition coefficient (Wildman–Crippen LogP) is 7.71. The first-order valence-electron chi connectivity index (χ1n) is 10.8. The lowest BCUT2D eigenvalue weighted by Crippen LogP contribution is -2.26. The molecule has 1 fully saturated rings. The molecule has 3 aromatic carbocycles. The van der Waals surface area contributed by atoms with E-state index in [9.17, 15) is 9.59 Å². The average molecular weight is 571 g/mol. The van der Waals surface area contributed by atoms with E-state index < -0.39 is 16.2 Å². The summed E-state index contributed by atoms with van der Waals surface area (Å²) in [5.41, 5.74) is 2.46. The molecule has 1 saturated carbocycles. The Morgan fingerprint density at radius 2 is 1.60 bits per heavy atom. The summed E-state index contributed by atoms with van der Waals surface area (Å²) in [5.74, 6) is -1.77. The van der Waals surface area contributed by atoms with Gasteiger partial charge in [0, 0.05) is 33.3 Å². The Bertz CT molecular complexity index is 1250. The van der Waals surface area contributed by atoms with Gasteiger partial charge in [-0.15, -0.1) is 23.2 Å². The van der Waals surface area contributed by atoms with E-state index in [1.165, 1.54) is 0 Å². The van der Waals surface area contributed by atoms with E-state index in [4.69, 9.17) is 58.0 Å². The smallest absolute Gasteiger partial charge is 0.231 e. The maximum Gasteiger partial charge on any atom is 0.231 e. The number of halogens is 5. The number of benzene rings is 3. The van der Waals surface area contributed by atoms with Crippen LogP contribution in [0.25, 0.3) is 0 Å². The first-order valence-corrected chi connectivity index (χ1v) is 12.7. The molecular weight excluding hydrogens is 550 g/mol. The van der Waals surface area contributed by atoms with Gasteiger partial charge in [0.1, 0.15) is 4.33 Å². The third kappa shape index (κ3) is 5.96. The minimum absolute atomic E-state index is 0.0193. The Morgan fingerprint density at radius 1 is 0.943 bits per heavy atom. The van der Waals surface area contributed by atoms with Crippen molar-refractivity contribution in [2.45, 2.75) is 23.2 Å². The van der Waals surface area contributed by atoms with Crippen LogP contribution in [0.2, 0.25) is 15.1 Å². The summed E-state index contributed by atoms with van der Waals surface area (Å²) in [4.78, 5) is 25.9. The second-order valence-corrected chi connectivity index (χ2v) is 11.2. The van der Waals surface area contributed by atoms with Gasteiger partial charge in [-0.05, 0) is 54.4 Å². The number of amides is 1. The Kier molecular flexibility index (Phi) is 8.02. The van der Waals surface area contributed by atoms with Crippen LogP contribution in [-0.2, 0) is 4.79 Å². The molecule has 1 amide bonds. The fourth-order valence-corrected chi connectivity index (χ4v) is 5.65. The van der Waals surface area contributed by atoms with Gasteiger partial charge in [-0.25, -0.2) is 0 Å². The highest BCUT2D eigenvalue weighted by Crippen LogP contribution is 2.65. The lowest BCUT2D eigenvalue weighted by Gasteiger charge is -2.14. The molecule has 0 aromatic heterocycles. The molecule has 9 heteroatoms. The molecule has 3 aromatic rings. The van der Waals surface area contributed by atoms with Gasteiger partial charge in [-0.3, -0.25) is 9.59 Å². The second-order valence-electron chi connectivity index (χ2n) is 8.45. The normalized spacial score (nSPS) is 19.1. The highest BCUT2D eigenvalue weighted by molar-refractivity contribution is 6.53. The van der Waals surface area contributed by atoms with Crippen LogP contribution in [0, 0.1) is 5.92 Å². The van der Waals surface area contributed by atoms with Crippen molar-refractivity contribution >= 4 is 75.4 Å². The third-order valence-electron chi connectivity index (χ3n) is 5.98. The zero-order valence-corrected chi connectivity index (χ0v) is 22.3. The Hall–Kier alpha value is -1.79. The number of nitrogens with one attached hydrogen (secondary N) is 2. The van der Waals surface area contributed by atoms with Gasteiger partial charge in [-0.1, -0.05) is 65.1 Å². The van der Waals surface area contributed by atoms with Gasteiger partial charge in [0.05, 0.1) is 17.5 Å². The van der Waals surface area contributed by atoms with E-state index in [0.29, 0.717) is 31.9 Å². The molecule has 0 heterocycles. The number of rotatable bonds is 8. The fourth-order valence-electron chi connectivity index (χ4n) is 4.06. The highest BCUT2D eigenvalue weighted by Gasteiger charge is 2.67. The van der Waals surface area contributed by atoms with Gasteiger partial charge in [-0.2, -0.15) is 0 Å². The Labute approximate surface area is 228 Å². The Balaban J connectivity index is 1.44. The minimum Gasteiger partial charge on any atom is -0.326 e. The number of carbonyl (C=O) groups is 2. The molecule has 4 rings (SSSR count). The number of carbonyl (C=O) groups excluding carboxylic acids is 2. The van der Waals surface area contributed by atoms with Gasteiger partial charge in [0.15, 0.2) is 5.78 Å². The summed E-state index contributed by atoms with van der Waals surface area (Å²) in [7, 11) is 0. The highest BCUT2D eigenvalue weighted by atomic mass is 35.5. The van der Waals surface area contributed by atoms with E-state index in [1.807, 2.05) is 37.3 Å². The van der Waals surface area contributed by atoms with Crippen molar-refractivity contribution in [3.8, 4) is 0 Å². The van der Waals surface area contributed by atoms with Crippen molar-refractivity contribution in [3.63, 3.8) is 0 Å². The van der Waals surface area contributed by atoms with Crippen LogP contribution in [0.4, 0.5) is 5.69 Å². The Morgan fingerprint density at radius 3 is 2.26 bits per heavy atom. The first-order chi connectivity index (χ1) is 16.6. The van der Waals surface area contributed by atoms with E-state index in [0.717, 1.165) is 5.56 Å². The molecule has 0 spiro atoms. The quantitative estimate of drug-likeness (QED) is 0.215. The molecule has 0 radical (unpaired) electrons. The van der Waals surface area contributed by atoms with Crippen LogP contribution in [-0.4, -0.2) is 22.6 Å². The zero-order chi connectivity index (χ0) is 25.3. The van der Waals surface area contributed by atoms with E-state index >= 15 is 0 Å². The average Bonchev–Trinajstić information content (AvgIpc) is 3.40. The zero-order valence-electron chi connectivity index (χ0n) is 18.5. The third-order valence-corrected chi connectivity index (χ3v) is 7.69. The van der Waals surface area contributed by atoms with Gasteiger partial charge >= 0.3 is 0 Å². The van der Waals surface area contributed by atoms with Crippen LogP contribution >= 0.6 is 58.0 Å². The molecule has 2 N–H and O–H groups in total. The lowest BCUT2D eigenvalue weighted by molar-refractivity contribution is -0.117. The van der Waals surface area contributed by atoms with Gasteiger partial charge in [0.25, 0.3) is 0 Å². The molecular formula is C26H21Cl5N2O2. The summed E-state index contributed by atoms with van der Waals surface area (Å²) < 4.78 is -1.30. The van der Waals surface area contributed by atoms with Crippen molar-refractivity contribution in [1.82, 2.24) is 5.32 Å². The number of hydrogen-bond acceptors (Lipinski definition) is 3. The molecule has 3 unspecified atom stereocenters. The van der Waals surface area contributed by atoms with E-state index in [-0.39, 0.29) is 24.3 Å². The number of hydrogen-bond donors (Lipinski definition) is 2. The maximum atomic E-state index is 13.0. The van der Waals surface area contributed by atoms with E-state index in [1.54, 1.807) is 36.4 Å². The van der Waals surface area contributed by atoms with Crippen molar-refractivity contribution in [2.24, 2.45) is 5.92 Å². The largest absolute Gasteiger partial charge is 0.326 e. The first kappa shape index (κ1) is 26.3. The SMILES string of the molecule is CC(NCC(=O)c1cc(NC(=O)C2C(c3cc(Cl)cc(Cl)c3)C2(Cl)Cl)ccc1Cl)c1ccccc1. The monoisotopic (exact) mass is 568 g/mol. The van der Waals surface area contributed by atoms with Crippen molar-refractivity contribution in [1.29, 1.82) is 0 Å². The molecule has 35 heavy (non-hydrogen) atoms. The molecule has 1 aliphatic rings. The molecule has 4 nitrogen and oxygen atoms in total. The fraction of sp³-hybridized carbons (Fsp3) is 0.231. The number of Topliss-reactive ketones (excluding diaryl/α,β-unsaturated/α-hetero) is 1. The van der Waals surface area contributed by atoms with Crippen LogP contribution in [0.5, 0.6) is 0 Å². The second kappa shape index (κ2) is 10.7. The number of alkyl halides is 2. The predicted molar refractivity (Wildman–Crippen MR) is 144 cm³/mol. The molecule has 0 bridgehead atoms. The topological polar surface area (TPSA) is 58.2 Å². The summed E-state index contributed by atoms with van der Waals surface area (Å²) >= 11 is 31.3. The molecule has 0 saturated heterocycles. The number of ketones is 1. The molecule has 182 valence electrons. The summed E-state index contributed by atoms with van der Waals surface area (Å²) in [6, 6.07) is 19.5. The molecule has 3 atom stereocenters. The van der Waals surface area contributed by atoms with Gasteiger partial charge in [0.2, 0.25) is 5.91 Å². The minimum atomic E-state index is -1.30. The van der Waals surface area contributed by atoms with Crippen LogP contribution in [0.3, 0.4) is 0 Å². The molecule has 1 aliphatic carbocycles. The van der Waals surface area contributed by atoms with E-state index in [2.05, 4.69) is 10.6 Å². The van der Waals surface area contributed by atoms with Crippen molar-refractivity contribution in [2.75, 3.05) is 11.9 Å².